The summed E-state index contributed by atoms with van der Waals surface area (Å²) in [6.45, 7) is 5.08. The van der Waals surface area contributed by atoms with Gasteiger partial charge in [0, 0.05) is 18.8 Å². The first-order valence-corrected chi connectivity index (χ1v) is 11.6. The number of benzene rings is 2. The van der Waals surface area contributed by atoms with E-state index in [1.807, 2.05) is 32.0 Å². The first-order valence-electron chi connectivity index (χ1n) is 10.1. The second-order valence-corrected chi connectivity index (χ2v) is 9.45. The molecular weight excluding hydrogens is 418 g/mol. The fourth-order valence-electron chi connectivity index (χ4n) is 3.43. The number of para-hydroxylation sites is 1. The van der Waals surface area contributed by atoms with Gasteiger partial charge in [0.15, 0.2) is 6.10 Å². The topological polar surface area (TPSA) is 105 Å². The number of fused-ring (bicyclic) bond motifs is 1. The summed E-state index contributed by atoms with van der Waals surface area (Å²) >= 11 is 0. The van der Waals surface area contributed by atoms with Crippen molar-refractivity contribution in [1.82, 2.24) is 4.31 Å². The van der Waals surface area contributed by atoms with Crippen molar-refractivity contribution in [3.05, 3.63) is 47.5 Å². The van der Waals surface area contributed by atoms with Gasteiger partial charge in [-0.2, -0.15) is 4.31 Å². The van der Waals surface area contributed by atoms with E-state index in [0.29, 0.717) is 29.1 Å². The maximum Gasteiger partial charge on any atom is 0.265 e. The molecular formula is C22H27N3O5S. The van der Waals surface area contributed by atoms with E-state index in [4.69, 9.17) is 4.74 Å². The molecule has 0 saturated carbocycles. The number of anilines is 2. The van der Waals surface area contributed by atoms with E-state index in [1.54, 1.807) is 19.1 Å². The Kier molecular flexibility index (Phi) is 6.66. The number of amides is 2. The second kappa shape index (κ2) is 9.07. The third-order valence-electron chi connectivity index (χ3n) is 5.19. The lowest BCUT2D eigenvalue weighted by Gasteiger charge is -2.27. The average Bonchev–Trinajstić information content (AvgIpc) is 2.73. The Morgan fingerprint density at radius 1 is 1.23 bits per heavy atom. The van der Waals surface area contributed by atoms with Gasteiger partial charge >= 0.3 is 0 Å². The van der Waals surface area contributed by atoms with Crippen molar-refractivity contribution in [3.63, 3.8) is 0 Å². The third kappa shape index (κ3) is 4.72. The molecule has 0 bridgehead atoms. The van der Waals surface area contributed by atoms with Crippen LogP contribution in [0.5, 0.6) is 5.75 Å². The van der Waals surface area contributed by atoms with E-state index in [1.165, 1.54) is 13.1 Å². The monoisotopic (exact) mass is 445 g/mol. The Morgan fingerprint density at radius 2 is 1.94 bits per heavy atom. The predicted octanol–water partition coefficient (Wildman–Crippen LogP) is 2.93. The minimum atomic E-state index is -3.96. The Labute approximate surface area is 182 Å². The molecule has 1 aliphatic rings. The highest BCUT2D eigenvalue weighted by Crippen LogP contribution is 2.35. The summed E-state index contributed by atoms with van der Waals surface area (Å²) < 4.78 is 33.0. The molecule has 0 aromatic heterocycles. The summed E-state index contributed by atoms with van der Waals surface area (Å²) in [5.41, 5.74) is 2.51. The highest BCUT2D eigenvalue weighted by Gasteiger charge is 2.31. The average molecular weight is 446 g/mol. The fraction of sp³-hybridized carbons (Fsp3) is 0.364. The molecule has 1 heterocycles. The van der Waals surface area contributed by atoms with Gasteiger partial charge in [-0.15, -0.1) is 0 Å². The molecule has 9 heteroatoms. The molecule has 31 heavy (non-hydrogen) atoms. The first kappa shape index (κ1) is 22.8. The lowest BCUT2D eigenvalue weighted by molar-refractivity contribution is -0.123. The first-order chi connectivity index (χ1) is 14.7. The molecule has 166 valence electrons. The highest BCUT2D eigenvalue weighted by molar-refractivity contribution is 7.89. The van der Waals surface area contributed by atoms with Crippen molar-refractivity contribution in [3.8, 4) is 5.75 Å². The Balaban J connectivity index is 1.81. The lowest BCUT2D eigenvalue weighted by atomic mass is 10.1. The van der Waals surface area contributed by atoms with Crippen LogP contribution in [0, 0.1) is 6.92 Å². The largest absolute Gasteiger partial charge is 0.478 e. The number of hydrogen-bond acceptors (Lipinski definition) is 5. The quantitative estimate of drug-likeness (QED) is 0.682. The van der Waals surface area contributed by atoms with Crippen LogP contribution in [0.1, 0.15) is 31.4 Å². The van der Waals surface area contributed by atoms with Crippen LogP contribution in [-0.4, -0.2) is 44.2 Å². The molecule has 0 radical (unpaired) electrons. The van der Waals surface area contributed by atoms with Crippen LogP contribution < -0.4 is 15.4 Å². The number of carbonyl (C=O) groups is 2. The lowest BCUT2D eigenvalue weighted by Crippen LogP contribution is -2.37. The number of nitrogens with zero attached hydrogens (tertiary/aromatic N) is 1. The zero-order valence-electron chi connectivity index (χ0n) is 18.1. The number of carbonyl (C=O) groups excluding carboxylic acids is 2. The van der Waals surface area contributed by atoms with Gasteiger partial charge in [-0.25, -0.2) is 8.42 Å². The molecule has 2 N–H and O–H groups in total. The number of ether oxygens (including phenoxy) is 1. The molecule has 2 aromatic rings. The van der Waals surface area contributed by atoms with Gasteiger partial charge in [-0.05, 0) is 43.0 Å². The van der Waals surface area contributed by atoms with E-state index < -0.39 is 22.0 Å². The van der Waals surface area contributed by atoms with Gasteiger partial charge in [-0.3, -0.25) is 9.59 Å². The molecule has 1 atom stereocenters. The van der Waals surface area contributed by atoms with Crippen molar-refractivity contribution in [2.45, 2.75) is 44.6 Å². The maximum atomic E-state index is 13.2. The minimum Gasteiger partial charge on any atom is -0.478 e. The molecule has 0 aliphatic carbocycles. The molecule has 8 nitrogen and oxygen atoms in total. The normalized spacial score (nSPS) is 15.8. The summed E-state index contributed by atoms with van der Waals surface area (Å²) in [5, 5.41) is 5.52. The van der Waals surface area contributed by atoms with Gasteiger partial charge in [0.2, 0.25) is 15.9 Å². The van der Waals surface area contributed by atoms with Crippen LogP contribution in [0.3, 0.4) is 0 Å². The van der Waals surface area contributed by atoms with Crippen molar-refractivity contribution in [1.29, 1.82) is 0 Å². The summed E-state index contributed by atoms with van der Waals surface area (Å²) in [7, 11) is -2.61. The van der Waals surface area contributed by atoms with Crippen molar-refractivity contribution in [2.24, 2.45) is 0 Å². The SMILES string of the molecule is CCc1ccccc1NC(=O)CN(C)S(=O)(=O)c1cc2c(cc1C)NC(=O)C(CC)O2. The van der Waals surface area contributed by atoms with Gasteiger partial charge in [0.25, 0.3) is 5.91 Å². The molecule has 0 fully saturated rings. The smallest absolute Gasteiger partial charge is 0.265 e. The zero-order valence-corrected chi connectivity index (χ0v) is 18.9. The Bertz CT molecular complexity index is 1110. The maximum absolute atomic E-state index is 13.2. The third-order valence-corrected chi connectivity index (χ3v) is 7.14. The predicted molar refractivity (Wildman–Crippen MR) is 119 cm³/mol. The van der Waals surface area contributed by atoms with E-state index in [0.717, 1.165) is 16.3 Å². The van der Waals surface area contributed by atoms with Crippen LogP contribution in [0.15, 0.2) is 41.3 Å². The standard InChI is InChI=1S/C22H27N3O5S/c1-5-15-9-7-8-10-16(15)23-21(26)13-25(4)31(28,29)20-12-19-17(11-14(20)3)24-22(27)18(6-2)30-19/h7-12,18H,5-6,13H2,1-4H3,(H,23,26)(H,24,27). The Hall–Kier alpha value is -2.91. The van der Waals surface area contributed by atoms with Crippen LogP contribution in [-0.2, 0) is 26.0 Å². The summed E-state index contributed by atoms with van der Waals surface area (Å²) in [5.74, 6) is -0.395. The van der Waals surface area contributed by atoms with Crippen molar-refractivity contribution in [2.75, 3.05) is 24.2 Å². The van der Waals surface area contributed by atoms with E-state index in [9.17, 15) is 18.0 Å². The summed E-state index contributed by atoms with van der Waals surface area (Å²) in [6.07, 6.45) is 0.530. The van der Waals surface area contributed by atoms with Crippen LogP contribution in [0.2, 0.25) is 0 Å². The highest BCUT2D eigenvalue weighted by atomic mass is 32.2. The fourth-order valence-corrected chi connectivity index (χ4v) is 4.77. The van der Waals surface area contributed by atoms with E-state index in [2.05, 4.69) is 10.6 Å². The number of sulfonamides is 1. The number of aryl methyl sites for hydroxylation is 2. The van der Waals surface area contributed by atoms with Crippen LogP contribution in [0.4, 0.5) is 11.4 Å². The Morgan fingerprint density at radius 3 is 2.61 bits per heavy atom. The second-order valence-electron chi connectivity index (χ2n) is 7.44. The number of nitrogens with one attached hydrogen (secondary N) is 2. The van der Waals surface area contributed by atoms with Gasteiger partial charge in [0.05, 0.1) is 17.1 Å². The molecule has 1 unspecified atom stereocenters. The molecule has 0 spiro atoms. The van der Waals surface area contributed by atoms with Crippen LogP contribution >= 0.6 is 0 Å². The molecule has 2 amide bonds. The molecule has 2 aromatic carbocycles. The number of hydrogen-bond donors (Lipinski definition) is 2. The van der Waals surface area contributed by atoms with Crippen molar-refractivity contribution >= 4 is 33.2 Å². The molecule has 3 rings (SSSR count). The van der Waals surface area contributed by atoms with Gasteiger partial charge < -0.3 is 15.4 Å². The van der Waals surface area contributed by atoms with E-state index >= 15 is 0 Å². The van der Waals surface area contributed by atoms with Gasteiger partial charge in [0.1, 0.15) is 5.75 Å². The van der Waals surface area contributed by atoms with Gasteiger partial charge in [-0.1, -0.05) is 32.0 Å². The van der Waals surface area contributed by atoms with Crippen molar-refractivity contribution < 1.29 is 22.7 Å². The molecule has 1 aliphatic heterocycles. The minimum absolute atomic E-state index is 0.0292. The van der Waals surface area contributed by atoms with Crippen LogP contribution in [0.25, 0.3) is 0 Å². The summed E-state index contributed by atoms with van der Waals surface area (Å²) in [6, 6.07) is 10.4. The zero-order chi connectivity index (χ0) is 22.8. The summed E-state index contributed by atoms with van der Waals surface area (Å²) in [4.78, 5) is 24.5. The molecule has 0 saturated heterocycles. The number of likely N-dealkylation sites (N-methyl/N-ethyl adjacent to an activating group) is 1. The number of rotatable bonds is 7. The van der Waals surface area contributed by atoms with E-state index in [-0.39, 0.29) is 17.3 Å².